The van der Waals surface area contributed by atoms with E-state index in [9.17, 15) is 14.7 Å². The summed E-state index contributed by atoms with van der Waals surface area (Å²) in [5.74, 6) is -0.296. The van der Waals surface area contributed by atoms with Crippen LogP contribution in [0.5, 0.6) is 0 Å². The van der Waals surface area contributed by atoms with E-state index in [4.69, 9.17) is 0 Å². The van der Waals surface area contributed by atoms with Crippen LogP contribution in [0, 0.1) is 20.8 Å². The van der Waals surface area contributed by atoms with E-state index in [0.717, 1.165) is 16.1 Å². The average Bonchev–Trinajstić information content (AvgIpc) is 2.93. The molecule has 1 aliphatic rings. The smallest absolute Gasteiger partial charge is 0.324 e. The second-order valence-corrected chi connectivity index (χ2v) is 6.16. The van der Waals surface area contributed by atoms with Gasteiger partial charge in [0.15, 0.2) is 0 Å². The highest BCUT2D eigenvalue weighted by molar-refractivity contribution is 6.01. The van der Waals surface area contributed by atoms with Crippen molar-refractivity contribution in [2.45, 2.75) is 33.4 Å². The maximum atomic E-state index is 11.6. The van der Waals surface area contributed by atoms with Gasteiger partial charge >= 0.3 is 6.03 Å². The third-order valence-corrected chi connectivity index (χ3v) is 4.52. The quantitative estimate of drug-likeness (QED) is 0.839. The molecule has 2 aromatic rings. The van der Waals surface area contributed by atoms with Gasteiger partial charge in [-0.05, 0) is 38.5 Å². The highest BCUT2D eigenvalue weighted by Crippen LogP contribution is 2.26. The van der Waals surface area contributed by atoms with Crippen LogP contribution in [0.1, 0.15) is 16.8 Å². The van der Waals surface area contributed by atoms with Crippen molar-refractivity contribution in [2.75, 3.05) is 13.1 Å². The fourth-order valence-electron chi connectivity index (χ4n) is 3.12. The second-order valence-electron chi connectivity index (χ2n) is 6.16. The maximum absolute atomic E-state index is 11.6. The number of urea groups is 1. The molecule has 1 aliphatic heterocycles. The molecule has 1 fully saturated rings. The van der Waals surface area contributed by atoms with E-state index >= 15 is 0 Å². The summed E-state index contributed by atoms with van der Waals surface area (Å²) in [5, 5.41) is 14.0. The molecular weight excluding hydrogens is 294 g/mol. The molecule has 1 aromatic carbocycles. The van der Waals surface area contributed by atoms with Crippen molar-refractivity contribution in [3.8, 4) is 0 Å². The van der Waals surface area contributed by atoms with Crippen LogP contribution in [0.3, 0.4) is 0 Å². The number of hydrogen-bond acceptors (Lipinski definition) is 3. The number of aliphatic hydroxyl groups excluding tert-OH is 1. The molecule has 3 rings (SSSR count). The Morgan fingerprint density at radius 1 is 1.22 bits per heavy atom. The number of nitrogens with zero attached hydrogens (tertiary/aromatic N) is 2. The fraction of sp³-hybridized carbons (Fsp3) is 0.412. The molecule has 1 atom stereocenters. The number of β-amino-alcohol motifs (C(OH)–C–C–N with tert-alkyl or cyclic N) is 1. The highest BCUT2D eigenvalue weighted by Gasteiger charge is 2.30. The molecule has 1 aromatic heterocycles. The van der Waals surface area contributed by atoms with Crippen LogP contribution in [0.4, 0.5) is 4.79 Å². The number of fused-ring (bicyclic) bond motifs is 1. The van der Waals surface area contributed by atoms with Gasteiger partial charge in [-0.3, -0.25) is 9.69 Å². The van der Waals surface area contributed by atoms with Crippen molar-refractivity contribution >= 4 is 22.8 Å². The Labute approximate surface area is 134 Å². The lowest BCUT2D eigenvalue weighted by Gasteiger charge is -2.19. The number of aromatic nitrogens is 1. The number of amides is 3. The van der Waals surface area contributed by atoms with Crippen molar-refractivity contribution in [3.05, 3.63) is 35.0 Å². The number of rotatable bonds is 4. The van der Waals surface area contributed by atoms with E-state index in [2.05, 4.69) is 25.2 Å². The molecule has 6 heteroatoms. The Hall–Kier alpha value is -2.34. The minimum atomic E-state index is -0.808. The molecule has 23 heavy (non-hydrogen) atoms. The standard InChI is InChI=1S/C17H21N3O3/c1-10-4-5-15-14(6-10)11(2)12(3)19(15)8-13(21)9-20-16(22)7-18-17(20)23/h4-6,13,21H,7-9H2,1-3H3,(H,18,23)/t13-/m1/s1. The lowest BCUT2D eigenvalue weighted by molar-refractivity contribution is -0.126. The molecule has 0 saturated carbocycles. The number of carbonyl (C=O) groups is 2. The third-order valence-electron chi connectivity index (χ3n) is 4.52. The third kappa shape index (κ3) is 2.70. The zero-order valence-electron chi connectivity index (χ0n) is 13.6. The fourth-order valence-corrected chi connectivity index (χ4v) is 3.12. The van der Waals surface area contributed by atoms with Crippen molar-refractivity contribution < 1.29 is 14.7 Å². The summed E-state index contributed by atoms with van der Waals surface area (Å²) in [6.45, 7) is 6.50. The van der Waals surface area contributed by atoms with E-state index in [0.29, 0.717) is 6.54 Å². The number of aliphatic hydroxyl groups is 1. The molecule has 2 N–H and O–H groups in total. The molecule has 0 radical (unpaired) electrons. The first-order valence-corrected chi connectivity index (χ1v) is 7.70. The van der Waals surface area contributed by atoms with Crippen molar-refractivity contribution in [1.29, 1.82) is 0 Å². The summed E-state index contributed by atoms with van der Waals surface area (Å²) < 4.78 is 2.05. The minimum absolute atomic E-state index is 0.00862. The Balaban J connectivity index is 1.85. The van der Waals surface area contributed by atoms with Crippen molar-refractivity contribution in [1.82, 2.24) is 14.8 Å². The maximum Gasteiger partial charge on any atom is 0.324 e. The van der Waals surface area contributed by atoms with E-state index in [-0.39, 0.29) is 19.0 Å². The first kappa shape index (κ1) is 15.6. The summed E-state index contributed by atoms with van der Waals surface area (Å²) in [4.78, 5) is 24.3. The molecule has 0 bridgehead atoms. The van der Waals surface area contributed by atoms with Gasteiger partial charge in [-0.25, -0.2) is 4.79 Å². The van der Waals surface area contributed by atoms with Gasteiger partial charge in [0.2, 0.25) is 5.91 Å². The van der Waals surface area contributed by atoms with Gasteiger partial charge in [-0.2, -0.15) is 0 Å². The zero-order chi connectivity index (χ0) is 16.7. The molecular formula is C17H21N3O3. The summed E-state index contributed by atoms with van der Waals surface area (Å²) in [6.07, 6.45) is -0.808. The number of hydrogen-bond donors (Lipinski definition) is 2. The first-order chi connectivity index (χ1) is 10.9. The number of aryl methyl sites for hydroxylation is 2. The van der Waals surface area contributed by atoms with Gasteiger partial charge in [-0.15, -0.1) is 0 Å². The Bertz CT molecular complexity index is 778. The first-order valence-electron chi connectivity index (χ1n) is 7.70. The molecule has 3 amide bonds. The predicted molar refractivity (Wildman–Crippen MR) is 87.3 cm³/mol. The number of imide groups is 1. The molecule has 6 nitrogen and oxygen atoms in total. The van der Waals surface area contributed by atoms with E-state index in [1.807, 2.05) is 23.6 Å². The van der Waals surface area contributed by atoms with Gasteiger partial charge < -0.3 is 15.0 Å². The summed E-state index contributed by atoms with van der Waals surface area (Å²) in [5.41, 5.74) is 4.52. The van der Waals surface area contributed by atoms with Crippen molar-refractivity contribution in [2.24, 2.45) is 0 Å². The van der Waals surface area contributed by atoms with Crippen LogP contribution in [0.15, 0.2) is 18.2 Å². The Kier molecular flexibility index (Phi) is 3.85. The highest BCUT2D eigenvalue weighted by atomic mass is 16.3. The second kappa shape index (κ2) is 5.70. The topological polar surface area (TPSA) is 74.6 Å². The van der Waals surface area contributed by atoms with Crippen LogP contribution in [-0.4, -0.2) is 45.7 Å². The van der Waals surface area contributed by atoms with Crippen LogP contribution in [-0.2, 0) is 11.3 Å². The number of nitrogens with one attached hydrogen (secondary N) is 1. The monoisotopic (exact) mass is 315 g/mol. The van der Waals surface area contributed by atoms with Crippen molar-refractivity contribution in [3.63, 3.8) is 0 Å². The van der Waals surface area contributed by atoms with E-state index in [1.54, 1.807) is 0 Å². The average molecular weight is 315 g/mol. The zero-order valence-corrected chi connectivity index (χ0v) is 13.6. The van der Waals surface area contributed by atoms with Gasteiger partial charge in [0.1, 0.15) is 0 Å². The SMILES string of the molecule is Cc1ccc2c(c1)c(C)c(C)n2C[C@@H](O)CN1C(=O)CNC1=O. The largest absolute Gasteiger partial charge is 0.389 e. The Morgan fingerprint density at radius 2 is 1.96 bits per heavy atom. The lowest BCUT2D eigenvalue weighted by Crippen LogP contribution is -2.39. The van der Waals surface area contributed by atoms with Gasteiger partial charge in [0, 0.05) is 16.6 Å². The van der Waals surface area contributed by atoms with Crippen LogP contribution >= 0.6 is 0 Å². The van der Waals surface area contributed by atoms with E-state index < -0.39 is 12.1 Å². The molecule has 0 aliphatic carbocycles. The number of carbonyl (C=O) groups excluding carboxylic acids is 2. The predicted octanol–water partition coefficient (Wildman–Crippen LogP) is 1.48. The van der Waals surface area contributed by atoms with Gasteiger partial charge in [0.25, 0.3) is 0 Å². The molecule has 122 valence electrons. The summed E-state index contributed by atoms with van der Waals surface area (Å²) in [7, 11) is 0. The van der Waals surface area contributed by atoms with Gasteiger partial charge in [-0.1, -0.05) is 11.6 Å². The molecule has 1 saturated heterocycles. The normalized spacial score (nSPS) is 16.3. The van der Waals surface area contributed by atoms with Crippen LogP contribution in [0.25, 0.3) is 10.9 Å². The summed E-state index contributed by atoms with van der Waals surface area (Å²) >= 11 is 0. The lowest BCUT2D eigenvalue weighted by atomic mass is 10.1. The van der Waals surface area contributed by atoms with Crippen LogP contribution < -0.4 is 5.32 Å². The van der Waals surface area contributed by atoms with E-state index in [1.165, 1.54) is 16.5 Å². The molecule has 0 spiro atoms. The minimum Gasteiger partial charge on any atom is -0.389 e. The Morgan fingerprint density at radius 3 is 2.61 bits per heavy atom. The van der Waals surface area contributed by atoms with Gasteiger partial charge in [0.05, 0.1) is 25.7 Å². The molecule has 0 unspecified atom stereocenters. The summed E-state index contributed by atoms with van der Waals surface area (Å²) in [6, 6.07) is 5.79. The number of benzene rings is 1. The molecule has 2 heterocycles. The van der Waals surface area contributed by atoms with Crippen LogP contribution in [0.2, 0.25) is 0 Å².